The SMILES string of the molecule is COc1ccc(NC(=O)CN2C(=O)c3cccc4cccc(c34)C2=O)cc1Cl. The maximum Gasteiger partial charge on any atom is 0.261 e. The van der Waals surface area contributed by atoms with Gasteiger partial charge in [-0.25, -0.2) is 0 Å². The number of hydrogen-bond donors (Lipinski definition) is 1. The highest BCUT2D eigenvalue weighted by atomic mass is 35.5. The Bertz CT molecular complexity index is 1090. The van der Waals surface area contributed by atoms with E-state index in [0.29, 0.717) is 33.0 Å². The van der Waals surface area contributed by atoms with Gasteiger partial charge in [-0.05, 0) is 35.7 Å². The third kappa shape index (κ3) is 2.97. The molecule has 0 aliphatic carbocycles. The molecule has 0 spiro atoms. The molecule has 4 rings (SSSR count). The lowest BCUT2D eigenvalue weighted by Crippen LogP contribution is -2.44. The predicted octanol–water partition coefficient (Wildman–Crippen LogP) is 3.74. The van der Waals surface area contributed by atoms with Crippen LogP contribution >= 0.6 is 11.6 Å². The summed E-state index contributed by atoms with van der Waals surface area (Å²) in [4.78, 5) is 39.1. The van der Waals surface area contributed by atoms with Gasteiger partial charge in [-0.3, -0.25) is 19.3 Å². The third-order valence-electron chi connectivity index (χ3n) is 4.59. The van der Waals surface area contributed by atoms with Gasteiger partial charge in [0.05, 0.1) is 12.1 Å². The molecule has 3 aromatic rings. The van der Waals surface area contributed by atoms with Gasteiger partial charge in [0.1, 0.15) is 12.3 Å². The maximum atomic E-state index is 12.8. The third-order valence-corrected chi connectivity index (χ3v) is 4.89. The number of methoxy groups -OCH3 is 1. The number of benzene rings is 3. The molecule has 1 aliphatic rings. The number of halogens is 1. The molecule has 1 heterocycles. The van der Waals surface area contributed by atoms with Crippen molar-refractivity contribution in [3.8, 4) is 5.75 Å². The van der Waals surface area contributed by atoms with E-state index in [1.807, 2.05) is 12.1 Å². The van der Waals surface area contributed by atoms with Crippen LogP contribution in [0, 0.1) is 0 Å². The largest absolute Gasteiger partial charge is 0.495 e. The fourth-order valence-electron chi connectivity index (χ4n) is 3.31. The topological polar surface area (TPSA) is 75.7 Å². The van der Waals surface area contributed by atoms with Crippen molar-refractivity contribution in [2.75, 3.05) is 19.0 Å². The number of nitrogens with zero attached hydrogens (tertiary/aromatic N) is 1. The van der Waals surface area contributed by atoms with E-state index < -0.39 is 24.3 Å². The summed E-state index contributed by atoms with van der Waals surface area (Å²) in [5.74, 6) is -1.00. The van der Waals surface area contributed by atoms with E-state index in [0.717, 1.165) is 10.3 Å². The lowest BCUT2D eigenvalue weighted by Gasteiger charge is -2.26. The van der Waals surface area contributed by atoms with Crippen molar-refractivity contribution in [2.24, 2.45) is 0 Å². The smallest absolute Gasteiger partial charge is 0.261 e. The fraction of sp³-hybridized carbons (Fsp3) is 0.0952. The van der Waals surface area contributed by atoms with Gasteiger partial charge in [-0.2, -0.15) is 0 Å². The molecule has 0 saturated carbocycles. The summed E-state index contributed by atoms with van der Waals surface area (Å²) in [6.45, 7) is -0.397. The number of nitrogens with one attached hydrogen (secondary N) is 1. The molecule has 0 unspecified atom stereocenters. The van der Waals surface area contributed by atoms with Gasteiger partial charge in [-0.15, -0.1) is 0 Å². The first-order chi connectivity index (χ1) is 13.5. The molecule has 0 radical (unpaired) electrons. The molecule has 0 atom stereocenters. The Morgan fingerprint density at radius 2 is 1.68 bits per heavy atom. The number of carbonyl (C=O) groups excluding carboxylic acids is 3. The van der Waals surface area contributed by atoms with Gasteiger partial charge in [-0.1, -0.05) is 35.9 Å². The van der Waals surface area contributed by atoms with Crippen molar-refractivity contribution < 1.29 is 19.1 Å². The van der Waals surface area contributed by atoms with Crippen LogP contribution in [-0.4, -0.2) is 36.3 Å². The molecule has 1 aliphatic heterocycles. The van der Waals surface area contributed by atoms with E-state index in [4.69, 9.17) is 16.3 Å². The molecule has 1 N–H and O–H groups in total. The van der Waals surface area contributed by atoms with Crippen LogP contribution in [0.3, 0.4) is 0 Å². The van der Waals surface area contributed by atoms with Gasteiger partial charge in [0.15, 0.2) is 0 Å². The van der Waals surface area contributed by atoms with Gasteiger partial charge in [0.2, 0.25) is 5.91 Å². The van der Waals surface area contributed by atoms with Crippen LogP contribution in [0.15, 0.2) is 54.6 Å². The first-order valence-electron chi connectivity index (χ1n) is 8.51. The number of amides is 3. The van der Waals surface area contributed by atoms with Gasteiger partial charge >= 0.3 is 0 Å². The molecule has 0 saturated heterocycles. The standard InChI is InChI=1S/C21H15ClN2O4/c1-28-17-9-8-13(10-16(17)22)23-18(25)11-24-20(26)14-6-2-4-12-5-3-7-15(19(12)14)21(24)27/h2-10H,11H2,1H3,(H,23,25). The van der Waals surface area contributed by atoms with Crippen molar-refractivity contribution in [2.45, 2.75) is 0 Å². The highest BCUT2D eigenvalue weighted by Gasteiger charge is 2.33. The molecule has 0 bridgehead atoms. The van der Waals surface area contributed by atoms with Crippen LogP contribution in [0.2, 0.25) is 5.02 Å². The summed E-state index contributed by atoms with van der Waals surface area (Å²) in [7, 11) is 1.49. The molecule has 6 nitrogen and oxygen atoms in total. The molecule has 0 fully saturated rings. The van der Waals surface area contributed by atoms with Crippen molar-refractivity contribution in [1.82, 2.24) is 4.90 Å². The first kappa shape index (κ1) is 18.0. The Balaban J connectivity index is 1.59. The Hall–Kier alpha value is -3.38. The molecular weight excluding hydrogens is 380 g/mol. The maximum absolute atomic E-state index is 12.8. The quantitative estimate of drug-likeness (QED) is 0.684. The molecular formula is C21H15ClN2O4. The van der Waals surface area contributed by atoms with E-state index in [9.17, 15) is 14.4 Å². The van der Waals surface area contributed by atoms with Crippen LogP contribution in [0.1, 0.15) is 20.7 Å². The molecule has 7 heteroatoms. The van der Waals surface area contributed by atoms with Gasteiger partial charge < -0.3 is 10.1 Å². The van der Waals surface area contributed by atoms with Crippen LogP contribution < -0.4 is 10.1 Å². The minimum atomic E-state index is -0.505. The van der Waals surface area contributed by atoms with E-state index in [-0.39, 0.29) is 0 Å². The average molecular weight is 395 g/mol. The number of carbonyl (C=O) groups is 3. The van der Waals surface area contributed by atoms with Gasteiger partial charge in [0.25, 0.3) is 11.8 Å². The average Bonchev–Trinajstić information content (AvgIpc) is 2.69. The highest BCUT2D eigenvalue weighted by molar-refractivity contribution is 6.32. The Morgan fingerprint density at radius 1 is 1.04 bits per heavy atom. The van der Waals surface area contributed by atoms with Crippen LogP contribution in [-0.2, 0) is 4.79 Å². The van der Waals surface area contributed by atoms with Crippen molar-refractivity contribution >= 4 is 45.8 Å². The van der Waals surface area contributed by atoms with Gasteiger partial charge in [0, 0.05) is 22.2 Å². The molecule has 28 heavy (non-hydrogen) atoms. The summed E-state index contributed by atoms with van der Waals surface area (Å²) in [5, 5.41) is 4.42. The summed E-state index contributed by atoms with van der Waals surface area (Å²) in [6.07, 6.45) is 0. The molecule has 0 aromatic heterocycles. The lowest BCUT2D eigenvalue weighted by atomic mass is 9.94. The second-order valence-electron chi connectivity index (χ2n) is 6.30. The first-order valence-corrected chi connectivity index (χ1v) is 8.88. The highest BCUT2D eigenvalue weighted by Crippen LogP contribution is 2.30. The summed E-state index contributed by atoms with van der Waals surface area (Å²) >= 11 is 6.06. The van der Waals surface area contributed by atoms with E-state index >= 15 is 0 Å². The monoisotopic (exact) mass is 394 g/mol. The Morgan fingerprint density at radius 3 is 2.25 bits per heavy atom. The Labute approximate surface area is 165 Å². The van der Waals surface area contributed by atoms with E-state index in [2.05, 4.69) is 5.32 Å². The zero-order valence-corrected chi connectivity index (χ0v) is 15.6. The Kier molecular flexibility index (Phi) is 4.49. The lowest BCUT2D eigenvalue weighted by molar-refractivity contribution is -0.116. The minimum Gasteiger partial charge on any atom is -0.495 e. The zero-order valence-electron chi connectivity index (χ0n) is 14.9. The number of imide groups is 1. The second kappa shape index (κ2) is 6.98. The normalized spacial score (nSPS) is 13.0. The zero-order chi connectivity index (χ0) is 19.8. The van der Waals surface area contributed by atoms with Crippen molar-refractivity contribution in [3.63, 3.8) is 0 Å². The van der Waals surface area contributed by atoms with E-state index in [1.54, 1.807) is 36.4 Å². The number of rotatable bonds is 4. The van der Waals surface area contributed by atoms with Crippen LogP contribution in [0.5, 0.6) is 5.75 Å². The number of ether oxygens (including phenoxy) is 1. The predicted molar refractivity (Wildman–Crippen MR) is 106 cm³/mol. The fourth-order valence-corrected chi connectivity index (χ4v) is 3.57. The number of hydrogen-bond acceptors (Lipinski definition) is 4. The number of anilines is 1. The van der Waals surface area contributed by atoms with Crippen LogP contribution in [0.4, 0.5) is 5.69 Å². The molecule has 3 aromatic carbocycles. The summed E-state index contributed by atoms with van der Waals surface area (Å²) in [6, 6.07) is 15.3. The minimum absolute atomic E-state index is 0.339. The molecule has 3 amide bonds. The second-order valence-corrected chi connectivity index (χ2v) is 6.71. The van der Waals surface area contributed by atoms with Crippen molar-refractivity contribution in [3.05, 3.63) is 70.7 Å². The van der Waals surface area contributed by atoms with E-state index in [1.165, 1.54) is 13.2 Å². The van der Waals surface area contributed by atoms with Crippen molar-refractivity contribution in [1.29, 1.82) is 0 Å². The van der Waals surface area contributed by atoms with Crippen LogP contribution in [0.25, 0.3) is 10.8 Å². The summed E-state index contributed by atoms with van der Waals surface area (Å²) in [5.41, 5.74) is 1.26. The molecule has 140 valence electrons. The summed E-state index contributed by atoms with van der Waals surface area (Å²) < 4.78 is 5.07.